The Morgan fingerprint density at radius 3 is 2.81 bits per heavy atom. The van der Waals surface area contributed by atoms with Crippen molar-refractivity contribution in [3.63, 3.8) is 0 Å². The van der Waals surface area contributed by atoms with Gasteiger partial charge in [-0.25, -0.2) is 4.68 Å². The van der Waals surface area contributed by atoms with Gasteiger partial charge in [-0.15, -0.1) is 16.4 Å². The summed E-state index contributed by atoms with van der Waals surface area (Å²) in [6, 6.07) is 15.4. The Balaban J connectivity index is 1.40. The highest BCUT2D eigenvalue weighted by Gasteiger charge is 2.14. The van der Waals surface area contributed by atoms with Gasteiger partial charge in [-0.1, -0.05) is 28.0 Å². The molecule has 0 radical (unpaired) electrons. The van der Waals surface area contributed by atoms with Crippen molar-refractivity contribution in [1.82, 2.24) is 30.0 Å². The first kappa shape index (κ1) is 23.5. The van der Waals surface area contributed by atoms with Crippen molar-refractivity contribution in [2.75, 3.05) is 0 Å². The first-order chi connectivity index (χ1) is 17.5. The Kier molecular flexibility index (Phi) is 6.65. The van der Waals surface area contributed by atoms with Crippen LogP contribution in [0.5, 0.6) is 5.75 Å². The molecule has 0 spiro atoms. The second-order valence-corrected chi connectivity index (χ2v) is 9.43. The molecule has 0 saturated carbocycles. The average molecular weight is 523 g/mol. The predicted molar refractivity (Wildman–Crippen MR) is 133 cm³/mol. The van der Waals surface area contributed by atoms with Crippen LogP contribution in [0, 0.1) is 6.92 Å². The van der Waals surface area contributed by atoms with Crippen LogP contribution >= 0.6 is 22.9 Å². The van der Waals surface area contributed by atoms with Gasteiger partial charge < -0.3 is 14.6 Å². The number of aromatic nitrogens is 5. The lowest BCUT2D eigenvalue weighted by molar-refractivity contribution is 0.0954. The van der Waals surface area contributed by atoms with Crippen LogP contribution in [-0.4, -0.2) is 30.6 Å². The summed E-state index contributed by atoms with van der Waals surface area (Å²) in [5.41, 5.74) is 2.22. The molecule has 4 heterocycles. The van der Waals surface area contributed by atoms with Gasteiger partial charge in [0, 0.05) is 24.4 Å². The van der Waals surface area contributed by atoms with E-state index in [4.69, 9.17) is 20.9 Å². The number of nitrogens with zero attached hydrogens (tertiary/aromatic N) is 5. The van der Waals surface area contributed by atoms with Gasteiger partial charge >= 0.3 is 0 Å². The number of ether oxygens (including phenoxy) is 1. The molecular weight excluding hydrogens is 504 g/mol. The van der Waals surface area contributed by atoms with Gasteiger partial charge in [-0.05, 0) is 37.3 Å². The van der Waals surface area contributed by atoms with Gasteiger partial charge in [0.15, 0.2) is 0 Å². The predicted octanol–water partition coefficient (Wildman–Crippen LogP) is 3.94. The van der Waals surface area contributed by atoms with E-state index in [0.29, 0.717) is 43.5 Å². The number of amides is 1. The standard InChI is InChI=1S/C24H19ClN6O4S/c1-15-10-16(28-35-15)14-34-20-11-18(30-9-3-2-4-23(30)32)5-6-19(20)31-13-17(27-29-31)12-26-24(33)21-7-8-22(25)36-21/h2-11,13H,12,14H2,1H3,(H,26,33). The number of rotatable bonds is 8. The van der Waals surface area contributed by atoms with E-state index in [1.807, 2.05) is 0 Å². The molecule has 5 rings (SSSR count). The number of aryl methyl sites for hydroxylation is 1. The van der Waals surface area contributed by atoms with Gasteiger partial charge in [0.25, 0.3) is 11.5 Å². The minimum Gasteiger partial charge on any atom is -0.485 e. The second-order valence-electron chi connectivity index (χ2n) is 7.72. The molecule has 0 aliphatic carbocycles. The molecule has 0 saturated heterocycles. The molecule has 1 aromatic carbocycles. The van der Waals surface area contributed by atoms with E-state index >= 15 is 0 Å². The minimum absolute atomic E-state index is 0.151. The fourth-order valence-electron chi connectivity index (χ4n) is 3.43. The summed E-state index contributed by atoms with van der Waals surface area (Å²) >= 11 is 7.11. The van der Waals surface area contributed by atoms with E-state index < -0.39 is 0 Å². The number of benzene rings is 1. The third-order valence-corrected chi connectivity index (χ3v) is 6.34. The third kappa shape index (κ3) is 5.21. The van der Waals surface area contributed by atoms with E-state index in [2.05, 4.69) is 20.8 Å². The number of pyridine rings is 1. The van der Waals surface area contributed by atoms with Crippen molar-refractivity contribution in [2.24, 2.45) is 0 Å². The fourth-order valence-corrected chi connectivity index (χ4v) is 4.39. The molecular formula is C24H19ClN6O4S. The van der Waals surface area contributed by atoms with Crippen LogP contribution in [0.15, 0.2) is 76.3 Å². The largest absolute Gasteiger partial charge is 0.485 e. The molecule has 1 amide bonds. The second kappa shape index (κ2) is 10.2. The molecule has 12 heteroatoms. The Morgan fingerprint density at radius 2 is 2.06 bits per heavy atom. The summed E-state index contributed by atoms with van der Waals surface area (Å²) in [6.45, 7) is 2.13. The quantitative estimate of drug-likeness (QED) is 0.328. The van der Waals surface area contributed by atoms with Crippen molar-refractivity contribution < 1.29 is 14.1 Å². The molecule has 5 aromatic rings. The number of thiophene rings is 1. The van der Waals surface area contributed by atoms with E-state index in [1.54, 1.807) is 72.5 Å². The van der Waals surface area contributed by atoms with Crippen LogP contribution in [0.25, 0.3) is 11.4 Å². The lowest BCUT2D eigenvalue weighted by atomic mass is 10.2. The van der Waals surface area contributed by atoms with Crippen LogP contribution in [-0.2, 0) is 13.2 Å². The van der Waals surface area contributed by atoms with Gasteiger partial charge in [-0.2, -0.15) is 0 Å². The Labute approximate surface area is 213 Å². The van der Waals surface area contributed by atoms with Crippen molar-refractivity contribution >= 4 is 28.8 Å². The van der Waals surface area contributed by atoms with Crippen molar-refractivity contribution in [1.29, 1.82) is 0 Å². The van der Waals surface area contributed by atoms with Crippen LogP contribution in [0.3, 0.4) is 0 Å². The van der Waals surface area contributed by atoms with Crippen LogP contribution in [0.1, 0.15) is 26.8 Å². The van der Waals surface area contributed by atoms with Crippen LogP contribution < -0.4 is 15.6 Å². The third-order valence-electron chi connectivity index (χ3n) is 5.11. The molecule has 4 aromatic heterocycles. The smallest absolute Gasteiger partial charge is 0.261 e. The van der Waals surface area contributed by atoms with Gasteiger partial charge in [0.05, 0.1) is 27.6 Å². The molecule has 0 unspecified atom stereocenters. The number of halogens is 1. The topological polar surface area (TPSA) is 117 Å². The maximum Gasteiger partial charge on any atom is 0.261 e. The lowest BCUT2D eigenvalue weighted by Crippen LogP contribution is -2.21. The highest BCUT2D eigenvalue weighted by Crippen LogP contribution is 2.27. The summed E-state index contributed by atoms with van der Waals surface area (Å²) in [4.78, 5) is 25.2. The zero-order valence-electron chi connectivity index (χ0n) is 18.9. The Morgan fingerprint density at radius 1 is 1.17 bits per heavy atom. The molecule has 10 nitrogen and oxygen atoms in total. The summed E-state index contributed by atoms with van der Waals surface area (Å²) in [5, 5.41) is 15.1. The number of hydrogen-bond donors (Lipinski definition) is 1. The summed E-state index contributed by atoms with van der Waals surface area (Å²) in [6.07, 6.45) is 3.37. The van der Waals surface area contributed by atoms with Crippen LogP contribution in [0.4, 0.5) is 0 Å². The number of carbonyl (C=O) groups excluding carboxylic acids is 1. The summed E-state index contributed by atoms with van der Waals surface area (Å²) < 4.78 is 14.8. The zero-order chi connectivity index (χ0) is 25.1. The fraction of sp³-hybridized carbons (Fsp3) is 0.125. The average Bonchev–Trinajstić information content (AvgIpc) is 3.63. The summed E-state index contributed by atoms with van der Waals surface area (Å²) in [7, 11) is 0. The Hall–Kier alpha value is -4.22. The number of carbonyl (C=O) groups is 1. The molecule has 0 fully saturated rings. The maximum atomic E-state index is 12.3. The molecule has 0 aliphatic rings. The SMILES string of the molecule is Cc1cc(COc2cc(-n3ccccc3=O)ccc2-n2cc(CNC(=O)c3ccc(Cl)s3)nn2)no1. The van der Waals surface area contributed by atoms with Gasteiger partial charge in [0.1, 0.15) is 35.2 Å². The maximum absolute atomic E-state index is 12.3. The lowest BCUT2D eigenvalue weighted by Gasteiger charge is -2.13. The van der Waals surface area contributed by atoms with Crippen molar-refractivity contribution in [3.8, 4) is 17.1 Å². The molecule has 182 valence electrons. The van der Waals surface area contributed by atoms with E-state index in [1.165, 1.54) is 22.0 Å². The molecule has 1 N–H and O–H groups in total. The van der Waals surface area contributed by atoms with E-state index in [9.17, 15) is 9.59 Å². The highest BCUT2D eigenvalue weighted by atomic mass is 35.5. The molecule has 0 aliphatic heterocycles. The summed E-state index contributed by atoms with van der Waals surface area (Å²) in [5.74, 6) is 0.884. The normalized spacial score (nSPS) is 10.9. The van der Waals surface area contributed by atoms with Gasteiger partial charge in [-0.3, -0.25) is 14.2 Å². The van der Waals surface area contributed by atoms with Crippen molar-refractivity contribution in [2.45, 2.75) is 20.1 Å². The highest BCUT2D eigenvalue weighted by molar-refractivity contribution is 7.17. The van der Waals surface area contributed by atoms with Crippen LogP contribution in [0.2, 0.25) is 4.34 Å². The number of nitrogens with one attached hydrogen (secondary N) is 1. The van der Waals surface area contributed by atoms with E-state index in [0.717, 1.165) is 0 Å². The van der Waals surface area contributed by atoms with E-state index in [-0.39, 0.29) is 24.6 Å². The first-order valence-electron chi connectivity index (χ1n) is 10.8. The Bertz CT molecular complexity index is 1590. The molecule has 0 atom stereocenters. The zero-order valence-corrected chi connectivity index (χ0v) is 20.5. The monoisotopic (exact) mass is 522 g/mol. The first-order valence-corrected chi connectivity index (χ1v) is 12.0. The van der Waals surface area contributed by atoms with Gasteiger partial charge in [0.2, 0.25) is 0 Å². The van der Waals surface area contributed by atoms with Crippen molar-refractivity contribution in [3.05, 3.63) is 104 Å². The molecule has 0 bridgehead atoms. The number of hydrogen-bond acceptors (Lipinski definition) is 8. The molecule has 36 heavy (non-hydrogen) atoms. The minimum atomic E-state index is -0.244.